The zero-order chi connectivity index (χ0) is 13.6. The SMILES string of the molecule is CCCC/C=C/[C@@]1(C(C)=O)CC=C(C(C)=O)CC1. The van der Waals surface area contributed by atoms with Crippen LogP contribution in [-0.2, 0) is 9.59 Å². The summed E-state index contributed by atoms with van der Waals surface area (Å²) in [7, 11) is 0. The molecule has 2 nitrogen and oxygen atoms in total. The molecule has 0 N–H and O–H groups in total. The Balaban J connectivity index is 2.76. The Morgan fingerprint density at radius 1 is 1.39 bits per heavy atom. The maximum absolute atomic E-state index is 11.9. The van der Waals surface area contributed by atoms with Gasteiger partial charge in [-0.25, -0.2) is 0 Å². The van der Waals surface area contributed by atoms with E-state index in [9.17, 15) is 9.59 Å². The number of hydrogen-bond acceptors (Lipinski definition) is 2. The third kappa shape index (κ3) is 3.66. The molecule has 0 fully saturated rings. The van der Waals surface area contributed by atoms with Gasteiger partial charge in [-0.2, -0.15) is 0 Å². The first-order chi connectivity index (χ1) is 8.52. The molecule has 18 heavy (non-hydrogen) atoms. The molecular weight excluding hydrogens is 224 g/mol. The summed E-state index contributed by atoms with van der Waals surface area (Å²) in [6.45, 7) is 5.43. The molecule has 0 radical (unpaired) electrons. The van der Waals surface area contributed by atoms with Crippen molar-refractivity contribution in [1.29, 1.82) is 0 Å². The quantitative estimate of drug-likeness (QED) is 0.526. The minimum Gasteiger partial charge on any atom is -0.299 e. The summed E-state index contributed by atoms with van der Waals surface area (Å²) < 4.78 is 0. The van der Waals surface area contributed by atoms with Crippen LogP contribution < -0.4 is 0 Å². The predicted molar refractivity (Wildman–Crippen MR) is 74.4 cm³/mol. The van der Waals surface area contributed by atoms with Gasteiger partial charge in [-0.15, -0.1) is 0 Å². The lowest BCUT2D eigenvalue weighted by Crippen LogP contribution is -2.29. The van der Waals surface area contributed by atoms with Crippen molar-refractivity contribution in [2.75, 3.05) is 0 Å². The lowest BCUT2D eigenvalue weighted by Gasteiger charge is -2.31. The van der Waals surface area contributed by atoms with Gasteiger partial charge in [0.2, 0.25) is 0 Å². The third-order valence-corrected chi connectivity index (χ3v) is 3.87. The molecule has 0 amide bonds. The second kappa shape index (κ2) is 6.67. The van der Waals surface area contributed by atoms with Gasteiger partial charge >= 0.3 is 0 Å². The van der Waals surface area contributed by atoms with Crippen LogP contribution >= 0.6 is 0 Å². The summed E-state index contributed by atoms with van der Waals surface area (Å²) in [6, 6.07) is 0. The average molecular weight is 248 g/mol. The van der Waals surface area contributed by atoms with Crippen molar-refractivity contribution in [3.63, 3.8) is 0 Å². The van der Waals surface area contributed by atoms with Crippen LogP contribution in [0.2, 0.25) is 0 Å². The van der Waals surface area contributed by atoms with E-state index in [4.69, 9.17) is 0 Å². The number of ketones is 2. The van der Waals surface area contributed by atoms with Gasteiger partial charge in [-0.1, -0.05) is 38.0 Å². The molecule has 0 heterocycles. The van der Waals surface area contributed by atoms with Crippen molar-refractivity contribution < 1.29 is 9.59 Å². The van der Waals surface area contributed by atoms with Crippen LogP contribution in [0.4, 0.5) is 0 Å². The first kappa shape index (κ1) is 14.9. The van der Waals surface area contributed by atoms with Gasteiger partial charge in [0.1, 0.15) is 5.78 Å². The number of carbonyl (C=O) groups is 2. The Morgan fingerprint density at radius 2 is 2.11 bits per heavy atom. The Bertz CT molecular complexity index is 377. The molecule has 100 valence electrons. The number of unbranched alkanes of at least 4 members (excludes halogenated alkanes) is 2. The molecule has 0 aliphatic heterocycles. The van der Waals surface area contributed by atoms with E-state index in [2.05, 4.69) is 19.1 Å². The molecule has 0 saturated carbocycles. The molecule has 1 rings (SSSR count). The minimum absolute atomic E-state index is 0.141. The molecule has 0 aromatic heterocycles. The molecule has 0 aromatic rings. The van der Waals surface area contributed by atoms with Gasteiger partial charge < -0.3 is 0 Å². The zero-order valence-electron chi connectivity index (χ0n) is 11.8. The largest absolute Gasteiger partial charge is 0.299 e. The van der Waals surface area contributed by atoms with E-state index in [1.165, 1.54) is 12.8 Å². The van der Waals surface area contributed by atoms with E-state index in [1.54, 1.807) is 13.8 Å². The predicted octanol–water partition coefficient (Wildman–Crippen LogP) is 4.01. The van der Waals surface area contributed by atoms with E-state index in [0.29, 0.717) is 6.42 Å². The van der Waals surface area contributed by atoms with Crippen LogP contribution in [0, 0.1) is 5.41 Å². The summed E-state index contributed by atoms with van der Waals surface area (Å²) >= 11 is 0. The summed E-state index contributed by atoms with van der Waals surface area (Å²) in [4.78, 5) is 23.2. The number of rotatable bonds is 6. The van der Waals surface area contributed by atoms with Crippen molar-refractivity contribution in [1.82, 2.24) is 0 Å². The molecule has 2 heteroatoms. The molecule has 1 aliphatic carbocycles. The molecule has 0 bridgehead atoms. The zero-order valence-corrected chi connectivity index (χ0v) is 11.8. The fraction of sp³-hybridized carbons (Fsp3) is 0.625. The lowest BCUT2D eigenvalue weighted by atomic mass is 9.71. The van der Waals surface area contributed by atoms with Crippen molar-refractivity contribution in [2.45, 2.75) is 59.3 Å². The van der Waals surface area contributed by atoms with Crippen molar-refractivity contribution in [2.24, 2.45) is 5.41 Å². The highest BCUT2D eigenvalue weighted by Crippen LogP contribution is 2.38. The lowest BCUT2D eigenvalue weighted by molar-refractivity contribution is -0.125. The molecule has 1 aliphatic rings. The highest BCUT2D eigenvalue weighted by molar-refractivity contribution is 5.94. The molecule has 0 saturated heterocycles. The molecule has 0 aromatic carbocycles. The Labute approximate surface area is 110 Å². The van der Waals surface area contributed by atoms with Gasteiger partial charge in [0, 0.05) is 0 Å². The Hall–Kier alpha value is -1.18. The van der Waals surface area contributed by atoms with Crippen molar-refractivity contribution >= 4 is 11.6 Å². The number of Topliss-reactive ketones (excluding diaryl/α,β-unsaturated/α-hetero) is 2. The van der Waals surface area contributed by atoms with Gasteiger partial charge in [0.05, 0.1) is 5.41 Å². The fourth-order valence-electron chi connectivity index (χ4n) is 2.41. The fourth-order valence-corrected chi connectivity index (χ4v) is 2.41. The van der Waals surface area contributed by atoms with Crippen LogP contribution in [0.3, 0.4) is 0 Å². The highest BCUT2D eigenvalue weighted by atomic mass is 16.1. The van der Waals surface area contributed by atoms with E-state index in [1.807, 2.05) is 6.08 Å². The van der Waals surface area contributed by atoms with Crippen LogP contribution in [-0.4, -0.2) is 11.6 Å². The highest BCUT2D eigenvalue weighted by Gasteiger charge is 2.34. The summed E-state index contributed by atoms with van der Waals surface area (Å²) in [6.07, 6.45) is 11.7. The number of hydrogen-bond donors (Lipinski definition) is 0. The Kier molecular flexibility index (Phi) is 5.52. The smallest absolute Gasteiger partial charge is 0.155 e. The van der Waals surface area contributed by atoms with Crippen molar-refractivity contribution in [3.05, 3.63) is 23.8 Å². The first-order valence-electron chi connectivity index (χ1n) is 6.90. The molecule has 0 spiro atoms. The molecule has 1 atom stereocenters. The van der Waals surface area contributed by atoms with E-state index < -0.39 is 0 Å². The van der Waals surface area contributed by atoms with Gasteiger partial charge in [-0.3, -0.25) is 9.59 Å². The summed E-state index contributed by atoms with van der Waals surface area (Å²) in [5, 5.41) is 0. The molecular formula is C16H24O2. The van der Waals surface area contributed by atoms with Gasteiger partial charge in [-0.05, 0) is 45.1 Å². The van der Waals surface area contributed by atoms with Gasteiger partial charge in [0.15, 0.2) is 5.78 Å². The monoisotopic (exact) mass is 248 g/mol. The first-order valence-corrected chi connectivity index (χ1v) is 6.90. The summed E-state index contributed by atoms with van der Waals surface area (Å²) in [5.74, 6) is 0.358. The normalized spacial score (nSPS) is 24.1. The van der Waals surface area contributed by atoms with Crippen LogP contribution in [0.1, 0.15) is 59.3 Å². The Morgan fingerprint density at radius 3 is 2.56 bits per heavy atom. The van der Waals surface area contributed by atoms with Crippen LogP contribution in [0.15, 0.2) is 23.8 Å². The number of allylic oxidation sites excluding steroid dienone is 4. The number of carbonyl (C=O) groups excluding carboxylic acids is 2. The average Bonchev–Trinajstić information content (AvgIpc) is 2.35. The maximum atomic E-state index is 11.9. The second-order valence-electron chi connectivity index (χ2n) is 5.25. The van der Waals surface area contributed by atoms with E-state index >= 15 is 0 Å². The standard InChI is InChI=1S/C16H24O2/c1-4-5-6-7-10-16(14(3)18)11-8-15(9-12-16)13(2)17/h7-8,10H,4-6,9,11-12H2,1-3H3/b10-7+/t16-/m1/s1. The maximum Gasteiger partial charge on any atom is 0.155 e. The van der Waals surface area contributed by atoms with Crippen molar-refractivity contribution in [3.8, 4) is 0 Å². The topological polar surface area (TPSA) is 34.1 Å². The minimum atomic E-state index is -0.354. The van der Waals surface area contributed by atoms with E-state index in [-0.39, 0.29) is 17.0 Å². The summed E-state index contributed by atoms with van der Waals surface area (Å²) in [5.41, 5.74) is 0.529. The molecule has 0 unspecified atom stereocenters. The van der Waals surface area contributed by atoms with E-state index in [0.717, 1.165) is 24.8 Å². The third-order valence-electron chi connectivity index (χ3n) is 3.87. The van der Waals surface area contributed by atoms with Gasteiger partial charge in [0.25, 0.3) is 0 Å². The van der Waals surface area contributed by atoms with Crippen LogP contribution in [0.5, 0.6) is 0 Å². The van der Waals surface area contributed by atoms with Crippen LogP contribution in [0.25, 0.3) is 0 Å². The second-order valence-corrected chi connectivity index (χ2v) is 5.25.